The van der Waals surface area contributed by atoms with Crippen LogP contribution >= 0.6 is 0 Å². The average Bonchev–Trinajstić information content (AvgIpc) is 2.73. The van der Waals surface area contributed by atoms with Crippen LogP contribution in [0.3, 0.4) is 0 Å². The molecule has 9 heteroatoms. The van der Waals surface area contributed by atoms with Crippen molar-refractivity contribution in [3.05, 3.63) is 58.7 Å². The number of hydrogen-bond acceptors (Lipinski definition) is 4. The molecule has 2 heterocycles. The maximum atomic E-state index is 13.4. The zero-order chi connectivity index (χ0) is 23.9. The van der Waals surface area contributed by atoms with E-state index in [1.54, 1.807) is 13.1 Å². The lowest BCUT2D eigenvalue weighted by atomic mass is 9.82. The molecule has 33 heavy (non-hydrogen) atoms. The van der Waals surface area contributed by atoms with Crippen molar-refractivity contribution in [3.8, 4) is 11.5 Å². The van der Waals surface area contributed by atoms with Crippen LogP contribution in [0, 0.1) is 25.7 Å². The number of rotatable bonds is 4. The van der Waals surface area contributed by atoms with E-state index in [1.165, 1.54) is 0 Å². The predicted molar refractivity (Wildman–Crippen MR) is 116 cm³/mol. The number of ether oxygens (including phenoxy) is 1. The molecule has 0 radical (unpaired) electrons. The fraction of sp³-hybridized carbons (Fsp3) is 0.417. The third-order valence-electron chi connectivity index (χ3n) is 6.32. The molecule has 0 spiro atoms. The summed E-state index contributed by atoms with van der Waals surface area (Å²) in [7, 11) is 1.54. The van der Waals surface area contributed by atoms with Crippen molar-refractivity contribution < 1.29 is 27.5 Å². The van der Waals surface area contributed by atoms with E-state index in [1.807, 2.05) is 49.5 Å². The molecule has 0 saturated carbocycles. The van der Waals surface area contributed by atoms with Crippen LogP contribution in [-0.2, 0) is 9.59 Å². The Balaban J connectivity index is 1.64. The summed E-state index contributed by atoms with van der Waals surface area (Å²) < 4.78 is 46.4. The fourth-order valence-corrected chi connectivity index (χ4v) is 4.70. The topological polar surface area (TPSA) is 79.5 Å². The maximum Gasteiger partial charge on any atom is 0.408 e. The van der Waals surface area contributed by atoms with Gasteiger partial charge in [-0.1, -0.05) is 24.3 Å². The van der Waals surface area contributed by atoms with E-state index in [4.69, 9.17) is 4.74 Å². The lowest BCUT2D eigenvalue weighted by Gasteiger charge is -2.37. The first-order valence-corrected chi connectivity index (χ1v) is 10.8. The summed E-state index contributed by atoms with van der Waals surface area (Å²) in [5.74, 6) is -2.52. The first-order valence-electron chi connectivity index (χ1n) is 10.8. The molecule has 2 aliphatic rings. The molecule has 3 N–H and O–H groups in total. The van der Waals surface area contributed by atoms with Crippen LogP contribution in [0.25, 0.3) is 0 Å². The zero-order valence-corrected chi connectivity index (χ0v) is 18.5. The number of piperidine rings is 1. The normalized spacial score (nSPS) is 24.2. The summed E-state index contributed by atoms with van der Waals surface area (Å²) in [6, 6.07) is 8.59. The number of carbonyl (C=O) groups is 2. The maximum absolute atomic E-state index is 13.4. The Morgan fingerprint density at radius 1 is 1.18 bits per heavy atom. The molecule has 4 rings (SSSR count). The van der Waals surface area contributed by atoms with Crippen molar-refractivity contribution in [3.63, 3.8) is 0 Å². The minimum atomic E-state index is -4.59. The molecule has 2 aromatic rings. The van der Waals surface area contributed by atoms with E-state index in [-0.39, 0.29) is 13.0 Å². The van der Waals surface area contributed by atoms with Crippen molar-refractivity contribution in [1.82, 2.24) is 16.0 Å². The second-order valence-corrected chi connectivity index (χ2v) is 8.71. The summed E-state index contributed by atoms with van der Waals surface area (Å²) in [5, 5.41) is 7.69. The molecule has 2 aliphatic heterocycles. The highest BCUT2D eigenvalue weighted by atomic mass is 19.4. The molecule has 176 valence electrons. The van der Waals surface area contributed by atoms with Gasteiger partial charge < -0.3 is 20.7 Å². The van der Waals surface area contributed by atoms with E-state index < -0.39 is 41.9 Å². The minimum Gasteiger partial charge on any atom is -0.457 e. The number of nitrogens with one attached hydrogen (secondary N) is 3. The Kier molecular flexibility index (Phi) is 6.09. The van der Waals surface area contributed by atoms with Crippen LogP contribution in [0.2, 0.25) is 0 Å². The van der Waals surface area contributed by atoms with E-state index in [2.05, 4.69) is 10.6 Å². The van der Waals surface area contributed by atoms with Gasteiger partial charge in [-0.15, -0.1) is 0 Å². The molecule has 2 amide bonds. The van der Waals surface area contributed by atoms with Crippen LogP contribution in [0.4, 0.5) is 13.2 Å². The third-order valence-corrected chi connectivity index (χ3v) is 6.32. The first-order chi connectivity index (χ1) is 15.6. The largest absolute Gasteiger partial charge is 0.457 e. The van der Waals surface area contributed by atoms with Gasteiger partial charge in [0.1, 0.15) is 23.5 Å². The molecule has 1 saturated heterocycles. The predicted octanol–water partition coefficient (Wildman–Crippen LogP) is 3.52. The number of halogens is 3. The quantitative estimate of drug-likeness (QED) is 0.609. The number of amides is 2. The third kappa shape index (κ3) is 4.42. The van der Waals surface area contributed by atoms with Crippen molar-refractivity contribution in [2.45, 2.75) is 38.5 Å². The first kappa shape index (κ1) is 23.1. The number of benzene rings is 2. The van der Waals surface area contributed by atoms with E-state index in [0.29, 0.717) is 11.5 Å². The van der Waals surface area contributed by atoms with Gasteiger partial charge in [0.2, 0.25) is 11.8 Å². The second-order valence-electron chi connectivity index (χ2n) is 8.71. The number of fused-ring (bicyclic) bond motifs is 2. The highest BCUT2D eigenvalue weighted by molar-refractivity contribution is 6.01. The van der Waals surface area contributed by atoms with Crippen molar-refractivity contribution >= 4 is 11.8 Å². The van der Waals surface area contributed by atoms with Crippen LogP contribution in [-0.4, -0.2) is 37.6 Å². The molecule has 4 atom stereocenters. The monoisotopic (exact) mass is 461 g/mol. The van der Waals surface area contributed by atoms with Gasteiger partial charge in [0.05, 0.1) is 6.04 Å². The van der Waals surface area contributed by atoms with Crippen molar-refractivity contribution in [2.75, 3.05) is 13.6 Å². The van der Waals surface area contributed by atoms with Gasteiger partial charge in [-0.05, 0) is 57.1 Å². The van der Waals surface area contributed by atoms with Gasteiger partial charge in [-0.2, -0.15) is 13.2 Å². The number of hydrogen-bond donors (Lipinski definition) is 3. The molecule has 6 nitrogen and oxygen atoms in total. The number of alkyl halides is 3. The lowest BCUT2D eigenvalue weighted by Crippen LogP contribution is -2.60. The zero-order valence-electron chi connectivity index (χ0n) is 18.5. The fourth-order valence-electron chi connectivity index (χ4n) is 4.70. The Morgan fingerprint density at radius 3 is 2.64 bits per heavy atom. The summed E-state index contributed by atoms with van der Waals surface area (Å²) in [6.07, 6.45) is -4.79. The smallest absolute Gasteiger partial charge is 0.408 e. The highest BCUT2D eigenvalue weighted by Crippen LogP contribution is 2.45. The van der Waals surface area contributed by atoms with Crippen LogP contribution in [0.1, 0.15) is 34.7 Å². The van der Waals surface area contributed by atoms with Crippen LogP contribution in [0.5, 0.6) is 11.5 Å². The molecule has 0 bridgehead atoms. The minimum absolute atomic E-state index is 0.0234. The van der Waals surface area contributed by atoms with Gasteiger partial charge >= 0.3 is 6.18 Å². The second kappa shape index (κ2) is 8.70. The SMILES string of the molecule is CNCC1CC(C(=O)NC2c3ccc(C)cc3Oc3cccc(C)c32)C(=O)NC1C(F)(F)F. The standard InChI is InChI=1S/C24H26F3N3O3/c1-12-7-8-15-18(9-12)33-17-6-4-5-13(2)19(17)20(15)29-22(31)16-10-14(11-28-3)21(24(25,26)27)30-23(16)32/h4-9,14,16,20-21,28H,10-11H2,1-3H3,(H,29,31)(H,30,32). The van der Waals surface area contributed by atoms with Gasteiger partial charge in [-0.25, -0.2) is 0 Å². The average molecular weight is 461 g/mol. The molecular formula is C24H26F3N3O3. The highest BCUT2D eigenvalue weighted by Gasteiger charge is 2.51. The molecular weight excluding hydrogens is 435 g/mol. The van der Waals surface area contributed by atoms with Crippen molar-refractivity contribution in [2.24, 2.45) is 11.8 Å². The van der Waals surface area contributed by atoms with E-state index in [9.17, 15) is 22.8 Å². The molecule has 0 aliphatic carbocycles. The van der Waals surface area contributed by atoms with Crippen molar-refractivity contribution in [1.29, 1.82) is 0 Å². The Hall–Kier alpha value is -3.07. The van der Waals surface area contributed by atoms with Crippen LogP contribution < -0.4 is 20.7 Å². The Bertz CT molecular complexity index is 1090. The number of carbonyl (C=O) groups excluding carboxylic acids is 2. The molecule has 0 aromatic heterocycles. The van der Waals surface area contributed by atoms with Crippen LogP contribution in [0.15, 0.2) is 36.4 Å². The molecule has 2 aromatic carbocycles. The summed E-state index contributed by atoms with van der Waals surface area (Å²) in [4.78, 5) is 25.8. The summed E-state index contributed by atoms with van der Waals surface area (Å²) >= 11 is 0. The van der Waals surface area contributed by atoms with E-state index >= 15 is 0 Å². The molecule has 4 unspecified atom stereocenters. The van der Waals surface area contributed by atoms with Gasteiger partial charge in [-0.3, -0.25) is 9.59 Å². The van der Waals surface area contributed by atoms with E-state index in [0.717, 1.165) is 22.3 Å². The summed E-state index contributed by atoms with van der Waals surface area (Å²) in [5.41, 5.74) is 3.36. The summed E-state index contributed by atoms with van der Waals surface area (Å²) in [6.45, 7) is 3.84. The molecule has 1 fully saturated rings. The van der Waals surface area contributed by atoms with Gasteiger partial charge in [0.25, 0.3) is 0 Å². The Morgan fingerprint density at radius 2 is 1.94 bits per heavy atom. The lowest BCUT2D eigenvalue weighted by molar-refractivity contribution is -0.181. The Labute approximate surface area is 189 Å². The van der Waals surface area contributed by atoms with Gasteiger partial charge in [0, 0.05) is 17.0 Å². The number of aryl methyl sites for hydroxylation is 2. The van der Waals surface area contributed by atoms with Gasteiger partial charge in [0.15, 0.2) is 0 Å².